The first kappa shape index (κ1) is 19.3. The standard InChI is InChI=1S/C24H22N2O2S/c1-16-6-5-8-20(14-16)26-22(27)15-29-24(26)18-10-12-19(13-11-18)25-23(28)21-9-4-3-7-17(21)2/h3-14,24H,15H2,1-2H3,(H,25,28)/t24-/m0/s1. The fourth-order valence-corrected chi connectivity index (χ4v) is 4.66. The largest absolute Gasteiger partial charge is 0.322 e. The summed E-state index contributed by atoms with van der Waals surface area (Å²) in [6, 6.07) is 23.3. The van der Waals surface area contributed by atoms with E-state index in [1.807, 2.05) is 91.5 Å². The van der Waals surface area contributed by atoms with E-state index in [0.29, 0.717) is 11.3 Å². The number of hydrogen-bond donors (Lipinski definition) is 1. The molecular formula is C24H22N2O2S. The van der Waals surface area contributed by atoms with Gasteiger partial charge in [-0.2, -0.15) is 0 Å². The first-order chi connectivity index (χ1) is 14.0. The molecule has 1 aliphatic heterocycles. The smallest absolute Gasteiger partial charge is 0.255 e. The minimum Gasteiger partial charge on any atom is -0.322 e. The number of hydrogen-bond acceptors (Lipinski definition) is 3. The molecule has 146 valence electrons. The van der Waals surface area contributed by atoms with Gasteiger partial charge in [0.1, 0.15) is 5.37 Å². The van der Waals surface area contributed by atoms with Crippen LogP contribution in [0.25, 0.3) is 0 Å². The van der Waals surface area contributed by atoms with Crippen LogP contribution in [-0.2, 0) is 4.79 Å². The number of carbonyl (C=O) groups excluding carboxylic acids is 2. The van der Waals surface area contributed by atoms with Gasteiger partial charge in [-0.15, -0.1) is 11.8 Å². The van der Waals surface area contributed by atoms with Crippen molar-refractivity contribution in [3.05, 3.63) is 95.1 Å². The monoisotopic (exact) mass is 402 g/mol. The Kier molecular flexibility index (Phi) is 5.41. The van der Waals surface area contributed by atoms with E-state index in [-0.39, 0.29) is 17.2 Å². The Balaban J connectivity index is 1.53. The molecular weight excluding hydrogens is 380 g/mol. The topological polar surface area (TPSA) is 49.4 Å². The Labute approximate surface area is 174 Å². The minimum atomic E-state index is -0.123. The van der Waals surface area contributed by atoms with Crippen LogP contribution in [0.4, 0.5) is 11.4 Å². The highest BCUT2D eigenvalue weighted by Gasteiger charge is 2.34. The lowest BCUT2D eigenvalue weighted by atomic mass is 10.1. The van der Waals surface area contributed by atoms with Crippen LogP contribution >= 0.6 is 11.8 Å². The highest BCUT2D eigenvalue weighted by atomic mass is 32.2. The lowest BCUT2D eigenvalue weighted by molar-refractivity contribution is -0.115. The molecule has 5 heteroatoms. The molecule has 1 fully saturated rings. The molecule has 3 aromatic rings. The minimum absolute atomic E-state index is 0.0644. The zero-order valence-electron chi connectivity index (χ0n) is 16.4. The molecule has 29 heavy (non-hydrogen) atoms. The maximum atomic E-state index is 12.5. The van der Waals surface area contributed by atoms with Crippen LogP contribution in [0.3, 0.4) is 0 Å². The molecule has 4 nitrogen and oxygen atoms in total. The number of anilines is 2. The molecule has 0 aliphatic carbocycles. The van der Waals surface area contributed by atoms with Crippen molar-refractivity contribution in [2.75, 3.05) is 16.0 Å². The summed E-state index contributed by atoms with van der Waals surface area (Å²) in [6.45, 7) is 3.95. The second kappa shape index (κ2) is 8.13. The number of carbonyl (C=O) groups is 2. The van der Waals surface area contributed by atoms with Crippen LogP contribution in [-0.4, -0.2) is 17.6 Å². The number of benzene rings is 3. The van der Waals surface area contributed by atoms with Crippen LogP contribution in [0.15, 0.2) is 72.8 Å². The molecule has 0 aromatic heterocycles. The highest BCUT2D eigenvalue weighted by molar-refractivity contribution is 8.00. The zero-order valence-corrected chi connectivity index (χ0v) is 17.2. The number of aryl methyl sites for hydroxylation is 2. The second-order valence-corrected chi connectivity index (χ2v) is 8.23. The van der Waals surface area contributed by atoms with E-state index in [9.17, 15) is 9.59 Å². The van der Waals surface area contributed by atoms with Crippen molar-refractivity contribution < 1.29 is 9.59 Å². The molecule has 1 N–H and O–H groups in total. The van der Waals surface area contributed by atoms with Gasteiger partial charge in [-0.1, -0.05) is 42.5 Å². The fourth-order valence-electron chi connectivity index (χ4n) is 3.48. The van der Waals surface area contributed by atoms with Crippen LogP contribution in [0, 0.1) is 13.8 Å². The third kappa shape index (κ3) is 4.05. The van der Waals surface area contributed by atoms with Gasteiger partial charge in [-0.05, 0) is 60.9 Å². The summed E-state index contributed by atoms with van der Waals surface area (Å²) >= 11 is 1.62. The highest BCUT2D eigenvalue weighted by Crippen LogP contribution is 2.42. The van der Waals surface area contributed by atoms with Gasteiger partial charge in [0.05, 0.1) is 5.75 Å². The van der Waals surface area contributed by atoms with Gasteiger partial charge in [-0.3, -0.25) is 14.5 Å². The summed E-state index contributed by atoms with van der Waals surface area (Å²) in [4.78, 5) is 26.9. The first-order valence-electron chi connectivity index (χ1n) is 9.50. The van der Waals surface area contributed by atoms with Crippen molar-refractivity contribution in [3.63, 3.8) is 0 Å². The molecule has 0 saturated carbocycles. The van der Waals surface area contributed by atoms with Crippen LogP contribution in [0.5, 0.6) is 0 Å². The lowest BCUT2D eigenvalue weighted by Gasteiger charge is -2.25. The third-order valence-corrected chi connectivity index (χ3v) is 6.20. The summed E-state index contributed by atoms with van der Waals surface area (Å²) in [7, 11) is 0. The molecule has 4 rings (SSSR count). The van der Waals surface area contributed by atoms with Crippen LogP contribution < -0.4 is 10.2 Å². The number of thioether (sulfide) groups is 1. The lowest BCUT2D eigenvalue weighted by Crippen LogP contribution is -2.27. The average molecular weight is 403 g/mol. The summed E-state index contributed by atoms with van der Waals surface area (Å²) < 4.78 is 0. The molecule has 1 heterocycles. The van der Waals surface area contributed by atoms with Crippen molar-refractivity contribution in [2.45, 2.75) is 19.2 Å². The predicted molar refractivity (Wildman–Crippen MR) is 119 cm³/mol. The number of amides is 2. The third-order valence-electron chi connectivity index (χ3n) is 4.99. The van der Waals surface area contributed by atoms with Crippen molar-refractivity contribution in [3.8, 4) is 0 Å². The Morgan fingerprint density at radius 1 is 1.00 bits per heavy atom. The van der Waals surface area contributed by atoms with Gasteiger partial charge in [0.25, 0.3) is 5.91 Å². The fraction of sp³-hybridized carbons (Fsp3) is 0.167. The molecule has 0 bridgehead atoms. The van der Waals surface area contributed by atoms with E-state index < -0.39 is 0 Å². The van der Waals surface area contributed by atoms with Crippen molar-refractivity contribution in [1.82, 2.24) is 0 Å². The summed E-state index contributed by atoms with van der Waals surface area (Å²) in [5, 5.41) is 2.89. The Morgan fingerprint density at radius 3 is 2.48 bits per heavy atom. The zero-order chi connectivity index (χ0) is 20.4. The van der Waals surface area contributed by atoms with Gasteiger partial charge in [-0.25, -0.2) is 0 Å². The van der Waals surface area contributed by atoms with Gasteiger partial charge in [0.2, 0.25) is 5.91 Å². The maximum Gasteiger partial charge on any atom is 0.255 e. The summed E-state index contributed by atoms with van der Waals surface area (Å²) in [5.41, 5.74) is 5.42. The summed E-state index contributed by atoms with van der Waals surface area (Å²) in [6.07, 6.45) is 0. The molecule has 0 unspecified atom stereocenters. The quantitative estimate of drug-likeness (QED) is 0.641. The van der Waals surface area contributed by atoms with Crippen LogP contribution in [0.1, 0.15) is 32.4 Å². The van der Waals surface area contributed by atoms with Gasteiger partial charge in [0.15, 0.2) is 0 Å². The normalized spacial score (nSPS) is 16.1. The number of nitrogens with one attached hydrogen (secondary N) is 1. The molecule has 2 amide bonds. The predicted octanol–water partition coefficient (Wildman–Crippen LogP) is 5.33. The van der Waals surface area contributed by atoms with E-state index in [2.05, 4.69) is 5.32 Å². The molecule has 1 atom stereocenters. The van der Waals surface area contributed by atoms with Crippen molar-refractivity contribution in [1.29, 1.82) is 0 Å². The van der Waals surface area contributed by atoms with Crippen molar-refractivity contribution >= 4 is 35.0 Å². The van der Waals surface area contributed by atoms with E-state index in [1.54, 1.807) is 11.8 Å². The van der Waals surface area contributed by atoms with Gasteiger partial charge < -0.3 is 5.32 Å². The average Bonchev–Trinajstić information content (AvgIpc) is 3.10. The van der Waals surface area contributed by atoms with Crippen molar-refractivity contribution in [2.24, 2.45) is 0 Å². The first-order valence-corrected chi connectivity index (χ1v) is 10.5. The van der Waals surface area contributed by atoms with Crippen LogP contribution in [0.2, 0.25) is 0 Å². The Bertz CT molecular complexity index is 1060. The maximum absolute atomic E-state index is 12.5. The molecule has 1 saturated heterocycles. The number of rotatable bonds is 4. The molecule has 0 radical (unpaired) electrons. The van der Waals surface area contributed by atoms with E-state index >= 15 is 0 Å². The molecule has 1 aliphatic rings. The van der Waals surface area contributed by atoms with Gasteiger partial charge in [0, 0.05) is 16.9 Å². The van der Waals surface area contributed by atoms with E-state index in [4.69, 9.17) is 0 Å². The SMILES string of the molecule is Cc1cccc(N2C(=O)CS[C@H]2c2ccc(NC(=O)c3ccccc3C)cc2)c1. The molecule has 3 aromatic carbocycles. The van der Waals surface area contributed by atoms with E-state index in [1.165, 1.54) is 0 Å². The van der Waals surface area contributed by atoms with E-state index in [0.717, 1.165) is 28.1 Å². The van der Waals surface area contributed by atoms with Gasteiger partial charge >= 0.3 is 0 Å². The molecule has 0 spiro atoms. The Hall–Kier alpha value is -3.05. The summed E-state index contributed by atoms with van der Waals surface area (Å²) in [5.74, 6) is 0.454. The number of nitrogens with zero attached hydrogens (tertiary/aromatic N) is 1. The Morgan fingerprint density at radius 2 is 1.76 bits per heavy atom. The second-order valence-electron chi connectivity index (χ2n) is 7.16.